The molecule has 2 aliphatic rings. The molecule has 0 bridgehead atoms. The molecule has 0 saturated heterocycles. The van der Waals surface area contributed by atoms with E-state index in [2.05, 4.69) is 0 Å². The van der Waals surface area contributed by atoms with Crippen molar-refractivity contribution in [1.82, 2.24) is 4.90 Å². The number of hydrogen-bond acceptors (Lipinski definition) is 3. The van der Waals surface area contributed by atoms with Gasteiger partial charge < -0.3 is 9.64 Å². The molecule has 2 saturated carbocycles. The number of carbonyl (C=O) groups excluding carboxylic acids is 2. The molecule has 1 amide bonds. The smallest absolute Gasteiger partial charge is 0.325 e. The lowest BCUT2D eigenvalue weighted by Gasteiger charge is -2.21. The molecule has 0 aromatic rings. The fraction of sp³-hybridized carbons (Fsp3) is 0.867. The van der Waals surface area contributed by atoms with Gasteiger partial charge in [-0.3, -0.25) is 9.59 Å². The van der Waals surface area contributed by atoms with Crippen molar-refractivity contribution in [2.75, 3.05) is 19.7 Å². The number of amides is 1. The monoisotopic (exact) mass is 267 g/mol. The average Bonchev–Trinajstić information content (AvgIpc) is 3.12. The van der Waals surface area contributed by atoms with Gasteiger partial charge in [-0.15, -0.1) is 0 Å². The van der Waals surface area contributed by atoms with Crippen molar-refractivity contribution in [3.63, 3.8) is 0 Å². The van der Waals surface area contributed by atoms with Gasteiger partial charge in [0.05, 0.1) is 6.61 Å². The zero-order chi connectivity index (χ0) is 13.8. The topological polar surface area (TPSA) is 46.6 Å². The van der Waals surface area contributed by atoms with Crippen LogP contribution in [0.3, 0.4) is 0 Å². The number of carbonyl (C=O) groups is 2. The molecule has 2 aliphatic carbocycles. The molecule has 0 aliphatic heterocycles. The maximum absolute atomic E-state index is 12.5. The minimum Gasteiger partial charge on any atom is -0.465 e. The Labute approximate surface area is 115 Å². The molecule has 2 fully saturated rings. The van der Waals surface area contributed by atoms with Gasteiger partial charge in [0.2, 0.25) is 5.91 Å². The van der Waals surface area contributed by atoms with Gasteiger partial charge >= 0.3 is 5.97 Å². The second-order valence-electron chi connectivity index (χ2n) is 5.70. The highest BCUT2D eigenvalue weighted by Gasteiger charge is 2.55. The Hall–Kier alpha value is -1.06. The summed E-state index contributed by atoms with van der Waals surface area (Å²) in [6.45, 7) is 4.98. The average molecular weight is 267 g/mol. The normalized spacial score (nSPS) is 28.4. The van der Waals surface area contributed by atoms with Gasteiger partial charge in [-0.05, 0) is 38.0 Å². The van der Waals surface area contributed by atoms with Crippen LogP contribution in [0.1, 0.15) is 46.0 Å². The van der Waals surface area contributed by atoms with Crippen molar-refractivity contribution in [2.45, 2.75) is 46.0 Å². The molecule has 0 spiro atoms. The van der Waals surface area contributed by atoms with Crippen molar-refractivity contribution < 1.29 is 14.3 Å². The molecular formula is C15H25NO3. The van der Waals surface area contributed by atoms with Crippen LogP contribution in [0.2, 0.25) is 0 Å². The highest BCUT2D eigenvalue weighted by molar-refractivity contribution is 5.86. The minimum absolute atomic E-state index is 0.121. The van der Waals surface area contributed by atoms with Crippen molar-refractivity contribution in [3.8, 4) is 0 Å². The summed E-state index contributed by atoms with van der Waals surface area (Å²) in [5, 5.41) is 0. The third-order valence-corrected chi connectivity index (χ3v) is 4.37. The third-order valence-electron chi connectivity index (χ3n) is 4.37. The van der Waals surface area contributed by atoms with E-state index in [4.69, 9.17) is 4.74 Å². The molecule has 4 nitrogen and oxygen atoms in total. The van der Waals surface area contributed by atoms with E-state index in [-0.39, 0.29) is 24.3 Å². The van der Waals surface area contributed by atoms with E-state index < -0.39 is 0 Å². The van der Waals surface area contributed by atoms with Crippen LogP contribution in [0.5, 0.6) is 0 Å². The quantitative estimate of drug-likeness (QED) is 0.693. The molecule has 0 radical (unpaired) electrons. The lowest BCUT2D eigenvalue weighted by Crippen LogP contribution is -2.38. The van der Waals surface area contributed by atoms with E-state index in [0.717, 1.165) is 6.42 Å². The van der Waals surface area contributed by atoms with Crippen LogP contribution in [-0.2, 0) is 14.3 Å². The predicted octanol–water partition coefficient (Wildman–Crippen LogP) is 2.22. The number of fused-ring (bicyclic) bond motifs is 1. The fourth-order valence-corrected chi connectivity index (χ4v) is 3.47. The first-order valence-corrected chi connectivity index (χ1v) is 7.63. The van der Waals surface area contributed by atoms with E-state index >= 15 is 0 Å². The number of rotatable bonds is 6. The Balaban J connectivity index is 1.91. The van der Waals surface area contributed by atoms with Crippen molar-refractivity contribution in [2.24, 2.45) is 17.8 Å². The summed E-state index contributed by atoms with van der Waals surface area (Å²) in [7, 11) is 0. The Kier molecular flexibility index (Phi) is 4.83. The van der Waals surface area contributed by atoms with Gasteiger partial charge in [0, 0.05) is 12.5 Å². The number of hydrogen-bond donors (Lipinski definition) is 0. The standard InChI is InChI=1S/C15H25NO3/c1-3-9-16(10-13(17)19-4-2)15(18)14-11-7-5-6-8-12(11)14/h11-12,14H,3-10H2,1-2H3. The molecule has 0 N–H and O–H groups in total. The van der Waals surface area contributed by atoms with E-state index in [0.29, 0.717) is 25.0 Å². The summed E-state index contributed by atoms with van der Waals surface area (Å²) in [5.74, 6) is 1.30. The molecule has 0 aromatic heterocycles. The molecule has 2 unspecified atom stereocenters. The lowest BCUT2D eigenvalue weighted by molar-refractivity contribution is -0.149. The summed E-state index contributed by atoms with van der Waals surface area (Å²) in [5.41, 5.74) is 0. The molecule has 0 heterocycles. The summed E-state index contributed by atoms with van der Waals surface area (Å²) in [4.78, 5) is 25.8. The van der Waals surface area contributed by atoms with Crippen molar-refractivity contribution in [1.29, 1.82) is 0 Å². The summed E-state index contributed by atoms with van der Waals surface area (Å²) in [6, 6.07) is 0. The van der Waals surface area contributed by atoms with Gasteiger partial charge in [-0.2, -0.15) is 0 Å². The molecule has 19 heavy (non-hydrogen) atoms. The van der Waals surface area contributed by atoms with Gasteiger partial charge in [0.1, 0.15) is 6.54 Å². The highest BCUT2D eigenvalue weighted by atomic mass is 16.5. The molecule has 2 rings (SSSR count). The van der Waals surface area contributed by atoms with Gasteiger partial charge in [-0.1, -0.05) is 19.8 Å². The molecule has 4 heteroatoms. The Morgan fingerprint density at radius 3 is 2.32 bits per heavy atom. The molecular weight excluding hydrogens is 242 g/mol. The Morgan fingerprint density at radius 1 is 1.16 bits per heavy atom. The summed E-state index contributed by atoms with van der Waals surface area (Å²) >= 11 is 0. The van der Waals surface area contributed by atoms with E-state index in [1.54, 1.807) is 11.8 Å². The zero-order valence-electron chi connectivity index (χ0n) is 12.1. The van der Waals surface area contributed by atoms with Gasteiger partial charge in [0.25, 0.3) is 0 Å². The SMILES string of the molecule is CCCN(CC(=O)OCC)C(=O)C1C2CCCCC21. The number of nitrogens with zero attached hydrogens (tertiary/aromatic N) is 1. The first-order valence-electron chi connectivity index (χ1n) is 7.63. The molecule has 2 atom stereocenters. The minimum atomic E-state index is -0.284. The fourth-order valence-electron chi connectivity index (χ4n) is 3.47. The zero-order valence-corrected chi connectivity index (χ0v) is 12.1. The van der Waals surface area contributed by atoms with Crippen molar-refractivity contribution in [3.05, 3.63) is 0 Å². The van der Waals surface area contributed by atoms with Crippen LogP contribution in [0, 0.1) is 17.8 Å². The Bertz CT molecular complexity index is 330. The predicted molar refractivity (Wildman–Crippen MR) is 72.4 cm³/mol. The maximum Gasteiger partial charge on any atom is 0.325 e. The first kappa shape index (κ1) is 14.4. The highest BCUT2D eigenvalue weighted by Crippen LogP contribution is 2.56. The maximum atomic E-state index is 12.5. The largest absolute Gasteiger partial charge is 0.465 e. The Morgan fingerprint density at radius 2 is 1.79 bits per heavy atom. The summed E-state index contributed by atoms with van der Waals surface area (Å²) in [6.07, 6.45) is 5.79. The van der Waals surface area contributed by atoms with E-state index in [1.165, 1.54) is 25.7 Å². The summed E-state index contributed by atoms with van der Waals surface area (Å²) < 4.78 is 4.95. The van der Waals surface area contributed by atoms with E-state index in [9.17, 15) is 9.59 Å². The van der Waals surface area contributed by atoms with Gasteiger partial charge in [0.15, 0.2) is 0 Å². The second-order valence-corrected chi connectivity index (χ2v) is 5.70. The third kappa shape index (κ3) is 3.28. The number of ether oxygens (including phenoxy) is 1. The van der Waals surface area contributed by atoms with Crippen LogP contribution >= 0.6 is 0 Å². The van der Waals surface area contributed by atoms with Crippen LogP contribution < -0.4 is 0 Å². The first-order chi connectivity index (χ1) is 9.19. The van der Waals surface area contributed by atoms with Crippen LogP contribution in [0.25, 0.3) is 0 Å². The van der Waals surface area contributed by atoms with E-state index in [1.807, 2.05) is 6.92 Å². The van der Waals surface area contributed by atoms with Gasteiger partial charge in [-0.25, -0.2) is 0 Å². The van der Waals surface area contributed by atoms with Crippen molar-refractivity contribution >= 4 is 11.9 Å². The second kappa shape index (κ2) is 6.40. The van der Waals surface area contributed by atoms with Crippen LogP contribution in [0.4, 0.5) is 0 Å². The molecule has 0 aromatic carbocycles. The number of esters is 1. The van der Waals surface area contributed by atoms with Crippen LogP contribution in [-0.4, -0.2) is 36.5 Å². The molecule has 108 valence electrons. The lowest BCUT2D eigenvalue weighted by atomic mass is 10.0. The van der Waals surface area contributed by atoms with Crippen LogP contribution in [0.15, 0.2) is 0 Å².